The molecule has 1 fully saturated rings. The van der Waals surface area contributed by atoms with E-state index in [1.54, 1.807) is 38.5 Å². The van der Waals surface area contributed by atoms with Gasteiger partial charge in [-0.25, -0.2) is 0 Å². The Bertz CT molecular complexity index is 795. The predicted molar refractivity (Wildman–Crippen MR) is 110 cm³/mol. The number of nitrogens with one attached hydrogen (secondary N) is 1. The van der Waals surface area contributed by atoms with Crippen molar-refractivity contribution in [1.29, 1.82) is 0 Å². The average molecular weight is 389 g/mol. The van der Waals surface area contributed by atoms with Gasteiger partial charge in [0, 0.05) is 30.4 Å². The van der Waals surface area contributed by atoms with Crippen molar-refractivity contribution in [1.82, 2.24) is 0 Å². The fourth-order valence-corrected chi connectivity index (χ4v) is 3.53. The summed E-state index contributed by atoms with van der Waals surface area (Å²) >= 11 is 6.49. The van der Waals surface area contributed by atoms with Gasteiger partial charge in [0.25, 0.3) is 5.91 Å². The number of carbonyl (C=O) groups is 1. The van der Waals surface area contributed by atoms with Crippen LogP contribution in [0.4, 0.5) is 11.4 Å². The van der Waals surface area contributed by atoms with Crippen LogP contribution in [0.15, 0.2) is 36.4 Å². The van der Waals surface area contributed by atoms with E-state index in [0.29, 0.717) is 27.8 Å². The highest BCUT2D eigenvalue weighted by Gasteiger charge is 2.18. The first kappa shape index (κ1) is 19.4. The van der Waals surface area contributed by atoms with E-state index in [2.05, 4.69) is 17.1 Å². The Balaban J connectivity index is 1.74. The van der Waals surface area contributed by atoms with Crippen molar-refractivity contribution < 1.29 is 14.3 Å². The zero-order chi connectivity index (χ0) is 19.4. The summed E-state index contributed by atoms with van der Waals surface area (Å²) in [5.74, 6) is 1.64. The molecule has 0 bridgehead atoms. The lowest BCUT2D eigenvalue weighted by molar-refractivity contribution is 0.102. The third kappa shape index (κ3) is 4.66. The molecule has 1 aliphatic rings. The number of benzene rings is 2. The van der Waals surface area contributed by atoms with Gasteiger partial charge >= 0.3 is 0 Å². The van der Waals surface area contributed by atoms with E-state index >= 15 is 0 Å². The van der Waals surface area contributed by atoms with Gasteiger partial charge in [-0.15, -0.1) is 0 Å². The maximum Gasteiger partial charge on any atom is 0.255 e. The van der Waals surface area contributed by atoms with Gasteiger partial charge in [-0.3, -0.25) is 4.79 Å². The molecular weight excluding hydrogens is 364 g/mol. The molecular formula is C21H25ClN2O3. The van der Waals surface area contributed by atoms with Crippen molar-refractivity contribution in [2.75, 3.05) is 37.5 Å². The van der Waals surface area contributed by atoms with Crippen molar-refractivity contribution >= 4 is 28.9 Å². The Hall–Kier alpha value is -2.40. The first-order valence-corrected chi connectivity index (χ1v) is 9.47. The lowest BCUT2D eigenvalue weighted by Gasteiger charge is -2.32. The molecule has 1 N–H and O–H groups in total. The molecule has 0 unspecified atom stereocenters. The number of nitrogens with zero attached hydrogens (tertiary/aromatic N) is 1. The van der Waals surface area contributed by atoms with Crippen LogP contribution in [0.25, 0.3) is 0 Å². The molecule has 27 heavy (non-hydrogen) atoms. The summed E-state index contributed by atoms with van der Waals surface area (Å²) < 4.78 is 10.4. The number of rotatable bonds is 5. The molecule has 0 saturated carbocycles. The van der Waals surface area contributed by atoms with Gasteiger partial charge in [-0.05, 0) is 49.1 Å². The minimum absolute atomic E-state index is 0.247. The number of methoxy groups -OCH3 is 2. The standard InChI is InChI=1S/C21H25ClN2O3/c1-14-6-8-24(9-7-14)20-5-4-16(12-19(20)22)23-21(25)15-10-17(26-2)13-18(11-15)27-3/h4-5,10-14H,6-9H2,1-3H3,(H,23,25). The van der Waals surface area contributed by atoms with E-state index in [1.165, 1.54) is 12.8 Å². The van der Waals surface area contributed by atoms with E-state index in [1.807, 2.05) is 12.1 Å². The maximum atomic E-state index is 12.6. The van der Waals surface area contributed by atoms with Crippen LogP contribution in [0.2, 0.25) is 5.02 Å². The van der Waals surface area contributed by atoms with E-state index in [4.69, 9.17) is 21.1 Å². The van der Waals surface area contributed by atoms with Crippen LogP contribution >= 0.6 is 11.6 Å². The van der Waals surface area contributed by atoms with Crippen molar-refractivity contribution in [3.8, 4) is 11.5 Å². The Kier molecular flexibility index (Phi) is 6.11. The third-order valence-corrected chi connectivity index (χ3v) is 5.25. The van der Waals surface area contributed by atoms with E-state index in [0.717, 1.165) is 24.7 Å². The van der Waals surface area contributed by atoms with Crippen molar-refractivity contribution in [3.63, 3.8) is 0 Å². The lowest BCUT2D eigenvalue weighted by Crippen LogP contribution is -2.32. The van der Waals surface area contributed by atoms with Gasteiger partial charge in [-0.2, -0.15) is 0 Å². The highest BCUT2D eigenvalue weighted by Crippen LogP contribution is 2.32. The third-order valence-electron chi connectivity index (χ3n) is 4.94. The van der Waals surface area contributed by atoms with Crippen LogP contribution in [-0.2, 0) is 0 Å². The van der Waals surface area contributed by atoms with Crippen molar-refractivity contribution in [2.24, 2.45) is 5.92 Å². The molecule has 1 heterocycles. The number of anilines is 2. The number of hydrogen-bond donors (Lipinski definition) is 1. The smallest absolute Gasteiger partial charge is 0.255 e. The molecule has 1 amide bonds. The summed E-state index contributed by atoms with van der Waals surface area (Å²) in [6.45, 7) is 4.30. The fraction of sp³-hybridized carbons (Fsp3) is 0.381. The van der Waals surface area contributed by atoms with Gasteiger partial charge in [0.1, 0.15) is 11.5 Å². The lowest BCUT2D eigenvalue weighted by atomic mass is 9.99. The highest BCUT2D eigenvalue weighted by molar-refractivity contribution is 6.33. The monoisotopic (exact) mass is 388 g/mol. The molecule has 144 valence electrons. The van der Waals surface area contributed by atoms with Crippen LogP contribution < -0.4 is 19.7 Å². The fourth-order valence-electron chi connectivity index (χ4n) is 3.23. The molecule has 1 saturated heterocycles. The predicted octanol–water partition coefficient (Wildman–Crippen LogP) is 4.85. The van der Waals surface area contributed by atoms with Crippen molar-refractivity contribution in [2.45, 2.75) is 19.8 Å². The number of piperidine rings is 1. The molecule has 0 atom stereocenters. The summed E-state index contributed by atoms with van der Waals surface area (Å²) in [4.78, 5) is 14.9. The second-order valence-electron chi connectivity index (χ2n) is 6.89. The van der Waals surface area contributed by atoms with Crippen LogP contribution in [0.3, 0.4) is 0 Å². The normalized spacial score (nSPS) is 14.7. The average Bonchev–Trinajstić information content (AvgIpc) is 2.68. The van der Waals surface area contributed by atoms with Gasteiger partial charge in [0.05, 0.1) is 24.9 Å². The minimum Gasteiger partial charge on any atom is -0.497 e. The first-order chi connectivity index (χ1) is 13.0. The molecule has 0 spiro atoms. The number of carbonyl (C=O) groups excluding carboxylic acids is 1. The summed E-state index contributed by atoms with van der Waals surface area (Å²) in [6.07, 6.45) is 2.35. The molecule has 6 heteroatoms. The second-order valence-corrected chi connectivity index (χ2v) is 7.30. The largest absolute Gasteiger partial charge is 0.497 e. The zero-order valence-corrected chi connectivity index (χ0v) is 16.7. The Morgan fingerprint density at radius 2 is 1.70 bits per heavy atom. The van der Waals surface area contributed by atoms with Crippen LogP contribution in [0.1, 0.15) is 30.1 Å². The molecule has 3 rings (SSSR count). The quantitative estimate of drug-likeness (QED) is 0.795. The molecule has 2 aromatic rings. The Labute approximate surface area is 165 Å². The van der Waals surface area contributed by atoms with Crippen molar-refractivity contribution in [3.05, 3.63) is 47.0 Å². The topological polar surface area (TPSA) is 50.8 Å². The van der Waals surface area contributed by atoms with Crippen LogP contribution in [0, 0.1) is 5.92 Å². The number of ether oxygens (including phenoxy) is 2. The minimum atomic E-state index is -0.247. The molecule has 5 nitrogen and oxygen atoms in total. The van der Waals surface area contributed by atoms with Crippen LogP contribution in [-0.4, -0.2) is 33.2 Å². The van der Waals surface area contributed by atoms with Gasteiger partial charge in [-0.1, -0.05) is 18.5 Å². The molecule has 0 aromatic heterocycles. The number of halogens is 1. The van der Waals surface area contributed by atoms with Gasteiger partial charge < -0.3 is 19.7 Å². The second kappa shape index (κ2) is 8.53. The molecule has 0 aliphatic carbocycles. The molecule has 0 radical (unpaired) electrons. The molecule has 1 aliphatic heterocycles. The number of hydrogen-bond acceptors (Lipinski definition) is 4. The van der Waals surface area contributed by atoms with Gasteiger partial charge in [0.2, 0.25) is 0 Å². The Morgan fingerprint density at radius 1 is 1.07 bits per heavy atom. The summed E-state index contributed by atoms with van der Waals surface area (Å²) in [5, 5.41) is 3.53. The van der Waals surface area contributed by atoms with Crippen LogP contribution in [0.5, 0.6) is 11.5 Å². The number of amides is 1. The van der Waals surface area contributed by atoms with E-state index in [9.17, 15) is 4.79 Å². The highest BCUT2D eigenvalue weighted by atomic mass is 35.5. The van der Waals surface area contributed by atoms with Gasteiger partial charge in [0.15, 0.2) is 0 Å². The zero-order valence-electron chi connectivity index (χ0n) is 15.9. The van der Waals surface area contributed by atoms with E-state index < -0.39 is 0 Å². The van der Waals surface area contributed by atoms with E-state index in [-0.39, 0.29) is 5.91 Å². The Morgan fingerprint density at radius 3 is 2.26 bits per heavy atom. The summed E-state index contributed by atoms with van der Waals surface area (Å²) in [7, 11) is 3.10. The maximum absolute atomic E-state index is 12.6. The summed E-state index contributed by atoms with van der Waals surface area (Å²) in [6, 6.07) is 10.7. The summed E-state index contributed by atoms with van der Waals surface area (Å²) in [5.41, 5.74) is 2.13. The molecule has 2 aromatic carbocycles. The SMILES string of the molecule is COc1cc(OC)cc(C(=O)Nc2ccc(N3CCC(C)CC3)c(Cl)c2)c1. The first-order valence-electron chi connectivity index (χ1n) is 9.09.